The number of rotatable bonds is 5. The highest BCUT2D eigenvalue weighted by atomic mass is 16.2. The van der Waals surface area contributed by atoms with Crippen LogP contribution in [0.1, 0.15) is 36.6 Å². The van der Waals surface area contributed by atoms with Crippen LogP contribution in [0.3, 0.4) is 0 Å². The van der Waals surface area contributed by atoms with Crippen molar-refractivity contribution in [3.05, 3.63) is 66.0 Å². The van der Waals surface area contributed by atoms with Crippen LogP contribution in [0.25, 0.3) is 0 Å². The smallest absolute Gasteiger partial charge is 0.247 e. The first-order valence-electron chi connectivity index (χ1n) is 9.49. The van der Waals surface area contributed by atoms with Crippen LogP contribution in [0.2, 0.25) is 0 Å². The van der Waals surface area contributed by atoms with Crippen LogP contribution < -0.4 is 0 Å². The van der Waals surface area contributed by atoms with Gasteiger partial charge in [0.25, 0.3) is 0 Å². The standard InChI is InChI=1S/C20H24N6O/c1-2-17(25-11-6-10-21-25)20(27)24-12-9-19-22-18(23-26(19)14-13-24)15-16-7-4-3-5-8-16/h3-8,10-11,17H,2,9,12-15H2,1H3. The Kier molecular flexibility index (Phi) is 5.00. The van der Waals surface area contributed by atoms with Crippen molar-refractivity contribution >= 4 is 5.91 Å². The lowest BCUT2D eigenvalue weighted by Gasteiger charge is -2.25. The summed E-state index contributed by atoms with van der Waals surface area (Å²) < 4.78 is 3.71. The van der Waals surface area contributed by atoms with E-state index < -0.39 is 0 Å². The molecule has 0 spiro atoms. The third kappa shape index (κ3) is 3.77. The van der Waals surface area contributed by atoms with Crippen molar-refractivity contribution in [3.63, 3.8) is 0 Å². The second-order valence-electron chi connectivity index (χ2n) is 6.82. The molecule has 7 heteroatoms. The number of nitrogens with zero attached hydrogens (tertiary/aromatic N) is 6. The number of carbonyl (C=O) groups excluding carboxylic acids is 1. The summed E-state index contributed by atoms with van der Waals surface area (Å²) in [6.07, 6.45) is 5.75. The Morgan fingerprint density at radius 1 is 1.15 bits per heavy atom. The van der Waals surface area contributed by atoms with Crippen molar-refractivity contribution in [1.82, 2.24) is 29.4 Å². The molecule has 4 rings (SSSR count). The summed E-state index contributed by atoms with van der Waals surface area (Å²) in [5.74, 6) is 1.93. The van der Waals surface area contributed by atoms with Crippen LogP contribution in [0.15, 0.2) is 48.8 Å². The molecule has 2 aromatic heterocycles. The first kappa shape index (κ1) is 17.5. The SMILES string of the molecule is CCC(C(=O)N1CCc2nc(Cc3ccccc3)nn2CC1)n1cccn1. The zero-order valence-corrected chi connectivity index (χ0v) is 15.5. The monoisotopic (exact) mass is 364 g/mol. The second kappa shape index (κ2) is 7.73. The van der Waals surface area contributed by atoms with Gasteiger partial charge in [-0.05, 0) is 18.1 Å². The van der Waals surface area contributed by atoms with Gasteiger partial charge in [-0.2, -0.15) is 10.2 Å². The predicted octanol–water partition coefficient (Wildman–Crippen LogP) is 2.10. The van der Waals surface area contributed by atoms with Gasteiger partial charge in [0.1, 0.15) is 11.9 Å². The molecular weight excluding hydrogens is 340 g/mol. The van der Waals surface area contributed by atoms with Crippen molar-refractivity contribution in [2.45, 2.75) is 38.8 Å². The lowest BCUT2D eigenvalue weighted by atomic mass is 10.1. The zero-order chi connectivity index (χ0) is 18.6. The Hall–Kier alpha value is -2.96. The van der Waals surface area contributed by atoms with Crippen LogP contribution in [0.4, 0.5) is 0 Å². The fourth-order valence-corrected chi connectivity index (χ4v) is 3.58. The van der Waals surface area contributed by atoms with E-state index in [1.54, 1.807) is 10.9 Å². The maximum Gasteiger partial charge on any atom is 0.247 e. The lowest BCUT2D eigenvalue weighted by Crippen LogP contribution is -2.39. The third-order valence-corrected chi connectivity index (χ3v) is 5.01. The molecular formula is C20H24N6O. The highest BCUT2D eigenvalue weighted by Gasteiger charge is 2.27. The fraction of sp³-hybridized carbons (Fsp3) is 0.400. The first-order valence-corrected chi connectivity index (χ1v) is 9.49. The molecule has 1 amide bonds. The molecule has 7 nitrogen and oxygen atoms in total. The molecule has 1 aromatic carbocycles. The molecule has 1 aliphatic rings. The predicted molar refractivity (Wildman–Crippen MR) is 101 cm³/mol. The summed E-state index contributed by atoms with van der Waals surface area (Å²) >= 11 is 0. The number of hydrogen-bond donors (Lipinski definition) is 0. The number of amides is 1. The summed E-state index contributed by atoms with van der Waals surface area (Å²) in [5, 5.41) is 8.91. The van der Waals surface area contributed by atoms with Crippen LogP contribution in [-0.4, -0.2) is 48.4 Å². The van der Waals surface area contributed by atoms with Crippen molar-refractivity contribution in [2.75, 3.05) is 13.1 Å². The summed E-state index contributed by atoms with van der Waals surface area (Å²) in [7, 11) is 0. The van der Waals surface area contributed by atoms with E-state index >= 15 is 0 Å². The quantitative estimate of drug-likeness (QED) is 0.695. The molecule has 0 fully saturated rings. The average molecular weight is 364 g/mol. The molecule has 1 aliphatic heterocycles. The van der Waals surface area contributed by atoms with Crippen molar-refractivity contribution < 1.29 is 4.79 Å². The van der Waals surface area contributed by atoms with Crippen LogP contribution in [0, 0.1) is 0 Å². The molecule has 140 valence electrons. The van der Waals surface area contributed by atoms with E-state index in [1.807, 2.05) is 47.0 Å². The molecule has 0 saturated heterocycles. The van der Waals surface area contributed by atoms with E-state index in [0.717, 1.165) is 30.9 Å². The summed E-state index contributed by atoms with van der Waals surface area (Å²) in [6, 6.07) is 11.9. The van der Waals surface area contributed by atoms with Gasteiger partial charge in [0, 0.05) is 38.3 Å². The number of fused-ring (bicyclic) bond motifs is 1. The largest absolute Gasteiger partial charge is 0.339 e. The van der Waals surface area contributed by atoms with E-state index in [9.17, 15) is 4.79 Å². The molecule has 3 heterocycles. The fourth-order valence-electron chi connectivity index (χ4n) is 3.58. The maximum atomic E-state index is 13.0. The van der Waals surface area contributed by atoms with Gasteiger partial charge in [-0.25, -0.2) is 9.67 Å². The highest BCUT2D eigenvalue weighted by molar-refractivity contribution is 5.80. The molecule has 1 unspecified atom stereocenters. The molecule has 0 radical (unpaired) electrons. The topological polar surface area (TPSA) is 68.8 Å². The minimum Gasteiger partial charge on any atom is -0.339 e. The molecule has 1 atom stereocenters. The van der Waals surface area contributed by atoms with Gasteiger partial charge in [0.2, 0.25) is 5.91 Å². The molecule has 0 aliphatic carbocycles. The molecule has 27 heavy (non-hydrogen) atoms. The molecule has 3 aromatic rings. The van der Waals surface area contributed by atoms with Crippen molar-refractivity contribution in [2.24, 2.45) is 0 Å². The Morgan fingerprint density at radius 2 is 2.00 bits per heavy atom. The van der Waals surface area contributed by atoms with Crippen LogP contribution in [-0.2, 0) is 24.2 Å². The lowest BCUT2D eigenvalue weighted by molar-refractivity contribution is -0.135. The first-order chi connectivity index (χ1) is 13.2. The number of hydrogen-bond acceptors (Lipinski definition) is 4. The highest BCUT2D eigenvalue weighted by Crippen LogP contribution is 2.17. The van der Waals surface area contributed by atoms with Gasteiger partial charge >= 0.3 is 0 Å². The van der Waals surface area contributed by atoms with Crippen LogP contribution >= 0.6 is 0 Å². The third-order valence-electron chi connectivity index (χ3n) is 5.01. The minimum absolute atomic E-state index is 0.122. The van der Waals surface area contributed by atoms with Crippen molar-refractivity contribution in [1.29, 1.82) is 0 Å². The number of aromatic nitrogens is 5. The number of benzene rings is 1. The number of carbonyl (C=O) groups is 1. The minimum atomic E-state index is -0.243. The second-order valence-corrected chi connectivity index (χ2v) is 6.82. The van der Waals surface area contributed by atoms with Gasteiger partial charge in [-0.1, -0.05) is 37.3 Å². The summed E-state index contributed by atoms with van der Waals surface area (Å²) in [5.41, 5.74) is 1.21. The Bertz CT molecular complexity index is 861. The van der Waals surface area contributed by atoms with Crippen LogP contribution in [0.5, 0.6) is 0 Å². The Balaban J connectivity index is 1.43. The molecule has 0 bridgehead atoms. The van der Waals surface area contributed by atoms with Gasteiger partial charge in [-0.15, -0.1) is 0 Å². The normalized spacial score (nSPS) is 15.2. The van der Waals surface area contributed by atoms with Gasteiger partial charge in [0.05, 0.1) is 6.54 Å². The van der Waals surface area contributed by atoms with E-state index in [4.69, 9.17) is 4.98 Å². The van der Waals surface area contributed by atoms with Gasteiger partial charge in [0.15, 0.2) is 5.82 Å². The van der Waals surface area contributed by atoms with Gasteiger partial charge in [-0.3, -0.25) is 9.48 Å². The van der Waals surface area contributed by atoms with E-state index in [2.05, 4.69) is 22.3 Å². The molecule has 0 N–H and O–H groups in total. The Labute approximate surface area is 158 Å². The zero-order valence-electron chi connectivity index (χ0n) is 15.5. The van der Waals surface area contributed by atoms with Crippen molar-refractivity contribution in [3.8, 4) is 0 Å². The Morgan fingerprint density at radius 3 is 2.74 bits per heavy atom. The average Bonchev–Trinajstić information content (AvgIpc) is 3.30. The van der Waals surface area contributed by atoms with E-state index in [0.29, 0.717) is 19.6 Å². The summed E-state index contributed by atoms with van der Waals surface area (Å²) in [4.78, 5) is 19.6. The maximum absolute atomic E-state index is 13.0. The van der Waals surface area contributed by atoms with E-state index in [-0.39, 0.29) is 11.9 Å². The molecule has 0 saturated carbocycles. The van der Waals surface area contributed by atoms with Gasteiger partial charge < -0.3 is 4.90 Å². The summed E-state index contributed by atoms with van der Waals surface area (Å²) in [6.45, 7) is 4.01. The van der Waals surface area contributed by atoms with E-state index in [1.165, 1.54) is 5.56 Å².